The number of anilines is 1. The molecule has 0 radical (unpaired) electrons. The van der Waals surface area contributed by atoms with Crippen LogP contribution in [0.25, 0.3) is 0 Å². The highest BCUT2D eigenvalue weighted by molar-refractivity contribution is 5.79. The van der Waals surface area contributed by atoms with Crippen molar-refractivity contribution in [1.29, 1.82) is 0 Å². The lowest BCUT2D eigenvalue weighted by Crippen LogP contribution is -2.29. The third-order valence-electron chi connectivity index (χ3n) is 1.68. The Hall–Kier alpha value is -1.65. The second-order valence-corrected chi connectivity index (χ2v) is 3.23. The zero-order valence-electron chi connectivity index (χ0n) is 8.61. The van der Waals surface area contributed by atoms with Gasteiger partial charge in [-0.05, 0) is 12.5 Å². The number of carbonyl (C=O) groups excluding carboxylic acids is 1. The van der Waals surface area contributed by atoms with Crippen molar-refractivity contribution in [2.45, 2.75) is 6.92 Å². The van der Waals surface area contributed by atoms with Gasteiger partial charge < -0.3 is 10.2 Å². The van der Waals surface area contributed by atoms with Gasteiger partial charge in [0.05, 0.1) is 6.54 Å². The topological polar surface area (TPSA) is 58.1 Å². The van der Waals surface area contributed by atoms with E-state index < -0.39 is 0 Å². The molecule has 0 unspecified atom stereocenters. The number of hydrogen-bond donors (Lipinski definition) is 1. The standard InChI is InChI=1S/C9H14N4O/c1-7-4-10-9(11-5-7)12-6-8(14)13(2)3/h4-5H,6H2,1-3H3,(H,10,11,12). The summed E-state index contributed by atoms with van der Waals surface area (Å²) < 4.78 is 0. The Labute approximate surface area is 83.2 Å². The number of hydrogen-bond acceptors (Lipinski definition) is 4. The Balaban J connectivity index is 2.46. The number of aromatic nitrogens is 2. The fourth-order valence-corrected chi connectivity index (χ4v) is 0.797. The summed E-state index contributed by atoms with van der Waals surface area (Å²) >= 11 is 0. The number of aryl methyl sites for hydroxylation is 1. The normalized spacial score (nSPS) is 9.64. The Morgan fingerprint density at radius 2 is 2.00 bits per heavy atom. The van der Waals surface area contributed by atoms with Crippen LogP contribution in [0.2, 0.25) is 0 Å². The van der Waals surface area contributed by atoms with Gasteiger partial charge in [-0.25, -0.2) is 9.97 Å². The summed E-state index contributed by atoms with van der Waals surface area (Å²) in [5, 5.41) is 2.84. The summed E-state index contributed by atoms with van der Waals surface area (Å²) in [5.74, 6) is 0.472. The fraction of sp³-hybridized carbons (Fsp3) is 0.444. The molecule has 0 aliphatic carbocycles. The summed E-state index contributed by atoms with van der Waals surface area (Å²) in [7, 11) is 3.42. The van der Waals surface area contributed by atoms with E-state index in [-0.39, 0.29) is 12.5 Å². The molecule has 0 saturated heterocycles. The highest BCUT2D eigenvalue weighted by Gasteiger charge is 2.03. The SMILES string of the molecule is Cc1cnc(NCC(=O)N(C)C)nc1. The van der Waals surface area contributed by atoms with Crippen LogP contribution in [-0.2, 0) is 4.79 Å². The fourth-order valence-electron chi connectivity index (χ4n) is 0.797. The van der Waals surface area contributed by atoms with Crippen molar-refractivity contribution >= 4 is 11.9 Å². The van der Waals surface area contributed by atoms with Crippen LogP contribution < -0.4 is 5.32 Å². The van der Waals surface area contributed by atoms with Crippen LogP contribution in [0.5, 0.6) is 0 Å². The molecule has 0 fully saturated rings. The molecule has 1 aromatic rings. The van der Waals surface area contributed by atoms with Crippen molar-refractivity contribution in [3.8, 4) is 0 Å². The predicted molar refractivity (Wildman–Crippen MR) is 54.0 cm³/mol. The minimum absolute atomic E-state index is 0.00539. The van der Waals surface area contributed by atoms with Crippen molar-refractivity contribution in [1.82, 2.24) is 14.9 Å². The molecule has 0 bridgehead atoms. The summed E-state index contributed by atoms with van der Waals surface area (Å²) in [6, 6.07) is 0. The molecule has 1 rings (SSSR count). The Bertz CT molecular complexity index is 307. The van der Waals surface area contributed by atoms with E-state index in [1.807, 2.05) is 6.92 Å². The lowest BCUT2D eigenvalue weighted by molar-refractivity contribution is -0.126. The van der Waals surface area contributed by atoms with E-state index in [4.69, 9.17) is 0 Å². The lowest BCUT2D eigenvalue weighted by Gasteiger charge is -2.10. The Kier molecular flexibility index (Phi) is 3.39. The van der Waals surface area contributed by atoms with E-state index in [0.29, 0.717) is 5.95 Å². The number of carbonyl (C=O) groups is 1. The molecule has 1 heterocycles. The molecule has 0 aliphatic heterocycles. The third kappa shape index (κ3) is 3.01. The van der Waals surface area contributed by atoms with Crippen LogP contribution in [0.4, 0.5) is 5.95 Å². The van der Waals surface area contributed by atoms with Crippen molar-refractivity contribution in [2.24, 2.45) is 0 Å². The minimum Gasteiger partial charge on any atom is -0.347 e. The van der Waals surface area contributed by atoms with Crippen LogP contribution in [0.3, 0.4) is 0 Å². The van der Waals surface area contributed by atoms with Crippen LogP contribution in [0, 0.1) is 6.92 Å². The van der Waals surface area contributed by atoms with Gasteiger partial charge in [0.15, 0.2) is 0 Å². The largest absolute Gasteiger partial charge is 0.347 e. The first-order valence-corrected chi connectivity index (χ1v) is 4.32. The van der Waals surface area contributed by atoms with Gasteiger partial charge in [0.1, 0.15) is 0 Å². The maximum Gasteiger partial charge on any atom is 0.241 e. The molecule has 76 valence electrons. The van der Waals surface area contributed by atoms with Gasteiger partial charge in [-0.1, -0.05) is 0 Å². The van der Waals surface area contributed by atoms with Crippen molar-refractivity contribution in [2.75, 3.05) is 26.0 Å². The van der Waals surface area contributed by atoms with E-state index in [1.165, 1.54) is 4.90 Å². The first-order chi connectivity index (χ1) is 6.59. The van der Waals surface area contributed by atoms with E-state index in [9.17, 15) is 4.79 Å². The van der Waals surface area contributed by atoms with Crippen LogP contribution in [-0.4, -0.2) is 41.4 Å². The maximum atomic E-state index is 11.2. The van der Waals surface area contributed by atoms with Crippen LogP contribution >= 0.6 is 0 Å². The van der Waals surface area contributed by atoms with Crippen molar-refractivity contribution in [3.63, 3.8) is 0 Å². The molecule has 0 aromatic carbocycles. The summed E-state index contributed by atoms with van der Waals surface area (Å²) in [6.07, 6.45) is 3.41. The molecule has 5 nitrogen and oxygen atoms in total. The molecular weight excluding hydrogens is 180 g/mol. The molecule has 0 spiro atoms. The van der Waals surface area contributed by atoms with Crippen molar-refractivity contribution < 1.29 is 4.79 Å². The lowest BCUT2D eigenvalue weighted by atomic mass is 10.4. The third-order valence-corrected chi connectivity index (χ3v) is 1.68. The van der Waals surface area contributed by atoms with Crippen LogP contribution in [0.15, 0.2) is 12.4 Å². The van der Waals surface area contributed by atoms with Gasteiger partial charge in [0, 0.05) is 26.5 Å². The van der Waals surface area contributed by atoms with E-state index >= 15 is 0 Å². The number of amides is 1. The van der Waals surface area contributed by atoms with E-state index in [0.717, 1.165) is 5.56 Å². The molecule has 1 aromatic heterocycles. The van der Waals surface area contributed by atoms with E-state index in [2.05, 4.69) is 15.3 Å². The molecule has 1 N–H and O–H groups in total. The molecular formula is C9H14N4O. The van der Waals surface area contributed by atoms with Gasteiger partial charge in [-0.3, -0.25) is 4.79 Å². The van der Waals surface area contributed by atoms with Gasteiger partial charge in [0.2, 0.25) is 11.9 Å². The molecule has 0 saturated carbocycles. The van der Waals surface area contributed by atoms with Crippen LogP contribution in [0.1, 0.15) is 5.56 Å². The average molecular weight is 194 g/mol. The predicted octanol–water partition coefficient (Wildman–Crippen LogP) is 0.285. The maximum absolute atomic E-state index is 11.2. The van der Waals surface area contributed by atoms with Crippen molar-refractivity contribution in [3.05, 3.63) is 18.0 Å². The Morgan fingerprint density at radius 1 is 1.43 bits per heavy atom. The monoisotopic (exact) mass is 194 g/mol. The zero-order chi connectivity index (χ0) is 10.6. The number of rotatable bonds is 3. The number of nitrogens with zero attached hydrogens (tertiary/aromatic N) is 3. The molecule has 1 amide bonds. The second kappa shape index (κ2) is 4.55. The highest BCUT2D eigenvalue weighted by Crippen LogP contribution is 1.97. The van der Waals surface area contributed by atoms with Gasteiger partial charge in [0.25, 0.3) is 0 Å². The summed E-state index contributed by atoms with van der Waals surface area (Å²) in [4.78, 5) is 20.7. The zero-order valence-corrected chi connectivity index (χ0v) is 8.61. The molecule has 14 heavy (non-hydrogen) atoms. The second-order valence-electron chi connectivity index (χ2n) is 3.23. The first kappa shape index (κ1) is 10.4. The molecule has 0 atom stereocenters. The smallest absolute Gasteiger partial charge is 0.241 e. The van der Waals surface area contributed by atoms with Gasteiger partial charge in [-0.15, -0.1) is 0 Å². The number of nitrogens with one attached hydrogen (secondary N) is 1. The summed E-state index contributed by atoms with van der Waals surface area (Å²) in [6.45, 7) is 2.13. The minimum atomic E-state index is -0.00539. The van der Waals surface area contributed by atoms with Gasteiger partial charge in [-0.2, -0.15) is 0 Å². The van der Waals surface area contributed by atoms with E-state index in [1.54, 1.807) is 26.5 Å². The molecule has 5 heteroatoms. The average Bonchev–Trinajstić information content (AvgIpc) is 2.16. The quantitative estimate of drug-likeness (QED) is 0.751. The number of likely N-dealkylation sites (N-methyl/N-ethyl adjacent to an activating group) is 1. The molecule has 0 aliphatic rings. The van der Waals surface area contributed by atoms with Gasteiger partial charge >= 0.3 is 0 Å². The highest BCUT2D eigenvalue weighted by atomic mass is 16.2. The Morgan fingerprint density at radius 3 is 2.50 bits per heavy atom. The first-order valence-electron chi connectivity index (χ1n) is 4.32. The summed E-state index contributed by atoms with van der Waals surface area (Å²) in [5.41, 5.74) is 0.995.